The van der Waals surface area contributed by atoms with Gasteiger partial charge in [-0.2, -0.15) is 4.68 Å². The van der Waals surface area contributed by atoms with E-state index in [9.17, 15) is 13.6 Å². The highest BCUT2D eigenvalue weighted by Crippen LogP contribution is 2.15. The van der Waals surface area contributed by atoms with Gasteiger partial charge in [0.25, 0.3) is 0 Å². The minimum Gasteiger partial charge on any atom is -0.444 e. The number of rotatable bonds is 4. The predicted molar refractivity (Wildman–Crippen MR) is 72.8 cm³/mol. The van der Waals surface area contributed by atoms with Crippen LogP contribution in [-0.2, 0) is 6.61 Å². The van der Waals surface area contributed by atoms with Gasteiger partial charge in [0.05, 0.1) is 0 Å². The zero-order chi connectivity index (χ0) is 15.5. The molecular formula is C15H10F2N2O3. The maximum atomic E-state index is 13.6. The molecule has 1 heterocycles. The van der Waals surface area contributed by atoms with Gasteiger partial charge in [0, 0.05) is 6.07 Å². The first kappa shape index (κ1) is 14.0. The van der Waals surface area contributed by atoms with Crippen molar-refractivity contribution >= 4 is 0 Å². The number of aromatic nitrogens is 2. The molecule has 112 valence electrons. The monoisotopic (exact) mass is 304 g/mol. The molecule has 0 atom stereocenters. The van der Waals surface area contributed by atoms with E-state index in [2.05, 4.69) is 5.10 Å². The summed E-state index contributed by atoms with van der Waals surface area (Å²) in [4.78, 5) is 11.7. The normalized spacial score (nSPS) is 10.6. The number of ether oxygens (including phenoxy) is 1. The van der Waals surface area contributed by atoms with Gasteiger partial charge in [0.1, 0.15) is 23.9 Å². The highest BCUT2D eigenvalue weighted by atomic mass is 19.1. The number of benzene rings is 2. The summed E-state index contributed by atoms with van der Waals surface area (Å²) in [6, 6.07) is 11.8. The lowest BCUT2D eigenvalue weighted by Gasteiger charge is -2.01. The van der Waals surface area contributed by atoms with Crippen LogP contribution in [0, 0.1) is 11.6 Å². The van der Waals surface area contributed by atoms with E-state index in [0.29, 0.717) is 4.68 Å². The summed E-state index contributed by atoms with van der Waals surface area (Å²) in [7, 11) is 0. The van der Waals surface area contributed by atoms with Gasteiger partial charge in [0.2, 0.25) is 0 Å². The van der Waals surface area contributed by atoms with Gasteiger partial charge >= 0.3 is 11.8 Å². The molecule has 5 nitrogen and oxygen atoms in total. The van der Waals surface area contributed by atoms with Crippen molar-refractivity contribution in [1.29, 1.82) is 0 Å². The van der Waals surface area contributed by atoms with E-state index in [1.807, 2.05) is 30.3 Å². The highest BCUT2D eigenvalue weighted by Gasteiger charge is 2.15. The summed E-state index contributed by atoms with van der Waals surface area (Å²) >= 11 is 0. The number of halogens is 2. The molecule has 0 bridgehead atoms. The largest absolute Gasteiger partial charge is 0.444 e. The molecule has 0 spiro atoms. The topological polar surface area (TPSA) is 57.3 Å². The molecule has 1 aromatic heterocycles. The van der Waals surface area contributed by atoms with Crippen molar-refractivity contribution in [3.05, 3.63) is 76.3 Å². The van der Waals surface area contributed by atoms with Gasteiger partial charge in [-0.3, -0.25) is 0 Å². The van der Waals surface area contributed by atoms with Gasteiger partial charge < -0.3 is 9.15 Å². The molecule has 0 aliphatic heterocycles. The third-order valence-corrected chi connectivity index (χ3v) is 2.87. The Kier molecular flexibility index (Phi) is 3.69. The Morgan fingerprint density at radius 2 is 1.91 bits per heavy atom. The quantitative estimate of drug-likeness (QED) is 0.743. The Hall–Kier alpha value is -2.96. The average Bonchev–Trinajstić information content (AvgIpc) is 2.89. The summed E-state index contributed by atoms with van der Waals surface area (Å²) in [5.41, 5.74) is 0.500. The van der Waals surface area contributed by atoms with Crippen LogP contribution in [0.3, 0.4) is 0 Å². The van der Waals surface area contributed by atoms with Crippen molar-refractivity contribution in [2.45, 2.75) is 6.61 Å². The molecule has 7 heteroatoms. The van der Waals surface area contributed by atoms with Gasteiger partial charge in [-0.05, 0) is 17.7 Å². The SMILES string of the molecule is O=c1oc(OCc2ccccc2)nn1-c1cc(F)ccc1F. The number of hydrogen-bond donors (Lipinski definition) is 0. The van der Waals surface area contributed by atoms with Crippen LogP contribution in [0.1, 0.15) is 5.56 Å². The number of hydrogen-bond acceptors (Lipinski definition) is 4. The van der Waals surface area contributed by atoms with Gasteiger partial charge in [-0.1, -0.05) is 35.4 Å². The second-order valence-electron chi connectivity index (χ2n) is 4.42. The highest BCUT2D eigenvalue weighted by molar-refractivity contribution is 5.32. The van der Waals surface area contributed by atoms with Crippen LogP contribution in [0.2, 0.25) is 0 Å². The first-order valence-corrected chi connectivity index (χ1v) is 6.36. The van der Waals surface area contributed by atoms with Crippen LogP contribution in [0.4, 0.5) is 8.78 Å². The van der Waals surface area contributed by atoms with Crippen LogP contribution in [0.15, 0.2) is 57.7 Å². The maximum Gasteiger partial charge on any atom is 0.444 e. The van der Waals surface area contributed by atoms with Crippen LogP contribution in [0.25, 0.3) is 5.69 Å². The molecule has 2 aromatic carbocycles. The second-order valence-corrected chi connectivity index (χ2v) is 4.42. The summed E-state index contributed by atoms with van der Waals surface area (Å²) < 4.78 is 37.4. The van der Waals surface area contributed by atoms with E-state index in [-0.39, 0.29) is 18.4 Å². The maximum absolute atomic E-state index is 13.6. The van der Waals surface area contributed by atoms with Crippen molar-refractivity contribution in [2.24, 2.45) is 0 Å². The summed E-state index contributed by atoms with van der Waals surface area (Å²) in [6.07, 6.45) is -0.322. The summed E-state index contributed by atoms with van der Waals surface area (Å²) in [6.45, 7) is 0.131. The molecule has 0 N–H and O–H groups in total. The van der Waals surface area contributed by atoms with E-state index in [1.54, 1.807) is 0 Å². The molecule has 3 rings (SSSR count). The van der Waals surface area contributed by atoms with Crippen LogP contribution < -0.4 is 10.5 Å². The van der Waals surface area contributed by atoms with Crippen molar-refractivity contribution in [3.63, 3.8) is 0 Å². The predicted octanol–water partition coefficient (Wildman–Crippen LogP) is 2.68. The molecule has 0 saturated carbocycles. The molecule has 0 saturated heterocycles. The van der Waals surface area contributed by atoms with E-state index >= 15 is 0 Å². The lowest BCUT2D eigenvalue weighted by atomic mass is 10.2. The third kappa shape index (κ3) is 2.88. The standard InChI is InChI=1S/C15H10F2N2O3/c16-11-6-7-12(17)13(8-11)19-15(20)22-14(18-19)21-9-10-4-2-1-3-5-10/h1-8H,9H2. The Labute approximate surface area is 123 Å². The zero-order valence-corrected chi connectivity index (χ0v) is 11.2. The molecule has 3 aromatic rings. The average molecular weight is 304 g/mol. The fourth-order valence-electron chi connectivity index (χ4n) is 1.84. The zero-order valence-electron chi connectivity index (χ0n) is 11.2. The van der Waals surface area contributed by atoms with E-state index in [1.165, 1.54) is 0 Å². The van der Waals surface area contributed by atoms with Gasteiger partial charge in [-0.15, -0.1) is 0 Å². The molecule has 0 radical (unpaired) electrons. The van der Waals surface area contributed by atoms with Crippen molar-refractivity contribution in [1.82, 2.24) is 9.78 Å². The Balaban J connectivity index is 1.85. The Morgan fingerprint density at radius 1 is 1.14 bits per heavy atom. The van der Waals surface area contributed by atoms with Crippen LogP contribution in [-0.4, -0.2) is 9.78 Å². The first-order valence-electron chi connectivity index (χ1n) is 6.36. The fraction of sp³-hybridized carbons (Fsp3) is 0.0667. The minimum atomic E-state index is -0.965. The minimum absolute atomic E-state index is 0.131. The fourth-order valence-corrected chi connectivity index (χ4v) is 1.84. The van der Waals surface area contributed by atoms with E-state index < -0.39 is 17.4 Å². The summed E-state index contributed by atoms with van der Waals surface area (Å²) in [5, 5.41) is 3.71. The van der Waals surface area contributed by atoms with Crippen molar-refractivity contribution < 1.29 is 17.9 Å². The molecule has 0 aliphatic rings. The molecule has 0 unspecified atom stereocenters. The van der Waals surface area contributed by atoms with Gasteiger partial charge in [0.15, 0.2) is 0 Å². The molecule has 0 aliphatic carbocycles. The molecule has 0 fully saturated rings. The van der Waals surface area contributed by atoms with E-state index in [0.717, 1.165) is 23.8 Å². The Bertz CT molecular complexity index is 843. The van der Waals surface area contributed by atoms with Crippen LogP contribution in [0.5, 0.6) is 6.08 Å². The smallest absolute Gasteiger partial charge is 0.444 e. The van der Waals surface area contributed by atoms with Crippen molar-refractivity contribution in [2.75, 3.05) is 0 Å². The molecule has 22 heavy (non-hydrogen) atoms. The molecule has 0 amide bonds. The number of nitrogens with zero attached hydrogens (tertiary/aromatic N) is 2. The Morgan fingerprint density at radius 3 is 2.68 bits per heavy atom. The third-order valence-electron chi connectivity index (χ3n) is 2.87. The van der Waals surface area contributed by atoms with Gasteiger partial charge in [-0.25, -0.2) is 13.6 Å². The lowest BCUT2D eigenvalue weighted by Crippen LogP contribution is -2.15. The van der Waals surface area contributed by atoms with E-state index in [4.69, 9.17) is 9.15 Å². The summed E-state index contributed by atoms with van der Waals surface area (Å²) in [5.74, 6) is -2.46. The van der Waals surface area contributed by atoms with Crippen molar-refractivity contribution in [3.8, 4) is 11.8 Å². The lowest BCUT2D eigenvalue weighted by molar-refractivity contribution is 0.215. The molecular weight excluding hydrogens is 294 g/mol. The first-order chi connectivity index (χ1) is 10.6. The van der Waals surface area contributed by atoms with Crippen LogP contribution >= 0.6 is 0 Å². The second kappa shape index (κ2) is 5.80.